The number of hydrogen-bond acceptors (Lipinski definition) is 2. The molecule has 0 amide bonds. The zero-order valence-electron chi connectivity index (χ0n) is 10.4. The minimum absolute atomic E-state index is 0.347. The van der Waals surface area contributed by atoms with Crippen molar-refractivity contribution in [2.24, 2.45) is 11.8 Å². The summed E-state index contributed by atoms with van der Waals surface area (Å²) < 4.78 is 5.69. The molecular weight excluding hydrogens is 212 g/mol. The van der Waals surface area contributed by atoms with E-state index in [0.717, 1.165) is 30.8 Å². The Labute approximate surface area is 103 Å². The summed E-state index contributed by atoms with van der Waals surface area (Å²) >= 11 is 0. The molecule has 2 aliphatic rings. The van der Waals surface area contributed by atoms with Gasteiger partial charge in [-0.1, -0.05) is 38.0 Å². The predicted molar refractivity (Wildman–Crippen MR) is 67.1 cm³/mol. The Bertz CT molecular complexity index is 413. The van der Waals surface area contributed by atoms with Crippen molar-refractivity contribution < 1.29 is 9.84 Å². The standard InChI is InChI=1S/C15H20O2/c1-10-4-2-6-12(10)14(16)13-7-3-5-11-8-9-17-15(11)13/h3,5,7,10,12,14,16H,2,4,6,8-9H2,1H3. The quantitative estimate of drug-likeness (QED) is 0.849. The van der Waals surface area contributed by atoms with Crippen molar-refractivity contribution >= 4 is 0 Å². The Balaban J connectivity index is 1.91. The van der Waals surface area contributed by atoms with Crippen LogP contribution in [-0.2, 0) is 6.42 Å². The fraction of sp³-hybridized carbons (Fsp3) is 0.600. The van der Waals surface area contributed by atoms with Gasteiger partial charge in [0.25, 0.3) is 0 Å². The number of rotatable bonds is 2. The lowest BCUT2D eigenvalue weighted by Crippen LogP contribution is -2.15. The highest BCUT2D eigenvalue weighted by molar-refractivity contribution is 5.45. The van der Waals surface area contributed by atoms with E-state index in [1.54, 1.807) is 0 Å². The lowest BCUT2D eigenvalue weighted by Gasteiger charge is -2.23. The van der Waals surface area contributed by atoms with E-state index in [1.807, 2.05) is 12.1 Å². The predicted octanol–water partition coefficient (Wildman–Crippen LogP) is 3.09. The number of aliphatic hydroxyl groups is 1. The Morgan fingerprint density at radius 1 is 1.35 bits per heavy atom. The Kier molecular flexibility index (Phi) is 2.83. The summed E-state index contributed by atoms with van der Waals surface area (Å²) in [6.07, 6.45) is 4.28. The van der Waals surface area contributed by atoms with Gasteiger partial charge < -0.3 is 9.84 Å². The van der Waals surface area contributed by atoms with E-state index in [9.17, 15) is 5.11 Å². The van der Waals surface area contributed by atoms with Crippen LogP contribution in [0.15, 0.2) is 18.2 Å². The first-order chi connectivity index (χ1) is 8.27. The fourth-order valence-electron chi connectivity index (χ4n) is 3.35. The third kappa shape index (κ3) is 1.85. The summed E-state index contributed by atoms with van der Waals surface area (Å²) in [5.41, 5.74) is 2.27. The van der Waals surface area contributed by atoms with Gasteiger partial charge >= 0.3 is 0 Å². The number of hydrogen-bond donors (Lipinski definition) is 1. The maximum atomic E-state index is 10.6. The first kappa shape index (κ1) is 11.1. The van der Waals surface area contributed by atoms with Crippen molar-refractivity contribution in [3.63, 3.8) is 0 Å². The van der Waals surface area contributed by atoms with E-state index in [0.29, 0.717) is 11.8 Å². The van der Waals surface area contributed by atoms with Gasteiger partial charge in [-0.2, -0.15) is 0 Å². The molecule has 1 aromatic rings. The van der Waals surface area contributed by atoms with Crippen LogP contribution >= 0.6 is 0 Å². The van der Waals surface area contributed by atoms with Gasteiger partial charge in [-0.25, -0.2) is 0 Å². The van der Waals surface area contributed by atoms with Crippen molar-refractivity contribution in [1.29, 1.82) is 0 Å². The van der Waals surface area contributed by atoms with E-state index in [1.165, 1.54) is 18.4 Å². The van der Waals surface area contributed by atoms with Crippen molar-refractivity contribution in [3.8, 4) is 5.75 Å². The van der Waals surface area contributed by atoms with Gasteiger partial charge in [0.1, 0.15) is 5.75 Å². The average Bonchev–Trinajstić information content (AvgIpc) is 2.95. The third-order valence-corrected chi connectivity index (χ3v) is 4.40. The number of aliphatic hydroxyl groups excluding tert-OH is 1. The summed E-state index contributed by atoms with van der Waals surface area (Å²) in [5, 5.41) is 10.6. The monoisotopic (exact) mass is 232 g/mol. The Morgan fingerprint density at radius 2 is 2.24 bits per heavy atom. The van der Waals surface area contributed by atoms with Crippen LogP contribution in [-0.4, -0.2) is 11.7 Å². The highest BCUT2D eigenvalue weighted by Crippen LogP contribution is 2.44. The molecule has 0 radical (unpaired) electrons. The second-order valence-electron chi connectivity index (χ2n) is 5.45. The van der Waals surface area contributed by atoms with Crippen LogP contribution in [0.2, 0.25) is 0 Å². The fourth-order valence-corrected chi connectivity index (χ4v) is 3.35. The molecule has 1 heterocycles. The summed E-state index contributed by atoms with van der Waals surface area (Å²) in [5.74, 6) is 1.99. The van der Waals surface area contributed by atoms with Gasteiger partial charge in [-0.3, -0.25) is 0 Å². The molecule has 1 fully saturated rings. The SMILES string of the molecule is CC1CCCC1C(O)c1cccc2c1OCC2. The number of ether oxygens (including phenoxy) is 1. The molecule has 0 saturated heterocycles. The zero-order chi connectivity index (χ0) is 11.8. The maximum absolute atomic E-state index is 10.6. The molecule has 1 aliphatic carbocycles. The van der Waals surface area contributed by atoms with Crippen molar-refractivity contribution in [2.45, 2.75) is 38.7 Å². The summed E-state index contributed by atoms with van der Waals surface area (Å²) in [7, 11) is 0. The van der Waals surface area contributed by atoms with Crippen LogP contribution in [0.1, 0.15) is 43.4 Å². The molecule has 2 nitrogen and oxygen atoms in total. The van der Waals surface area contributed by atoms with Gasteiger partial charge in [0.2, 0.25) is 0 Å². The van der Waals surface area contributed by atoms with Crippen LogP contribution in [0.25, 0.3) is 0 Å². The minimum Gasteiger partial charge on any atom is -0.493 e. The molecule has 1 saturated carbocycles. The molecule has 0 aromatic heterocycles. The third-order valence-electron chi connectivity index (χ3n) is 4.40. The molecule has 1 N–H and O–H groups in total. The van der Waals surface area contributed by atoms with Crippen LogP contribution in [0.5, 0.6) is 5.75 Å². The maximum Gasteiger partial charge on any atom is 0.128 e. The molecule has 3 atom stereocenters. The molecule has 3 unspecified atom stereocenters. The van der Waals surface area contributed by atoms with E-state index < -0.39 is 0 Å². The molecule has 0 bridgehead atoms. The van der Waals surface area contributed by atoms with Crippen molar-refractivity contribution in [2.75, 3.05) is 6.61 Å². The second kappa shape index (κ2) is 4.34. The summed E-state index contributed by atoms with van der Waals surface area (Å²) in [6, 6.07) is 6.18. The Hall–Kier alpha value is -1.02. The first-order valence-electron chi connectivity index (χ1n) is 6.70. The topological polar surface area (TPSA) is 29.5 Å². The van der Waals surface area contributed by atoms with Crippen molar-refractivity contribution in [3.05, 3.63) is 29.3 Å². The second-order valence-corrected chi connectivity index (χ2v) is 5.45. The van der Waals surface area contributed by atoms with Gasteiger partial charge in [-0.15, -0.1) is 0 Å². The van der Waals surface area contributed by atoms with Crippen LogP contribution < -0.4 is 4.74 Å². The molecule has 1 aromatic carbocycles. The lowest BCUT2D eigenvalue weighted by molar-refractivity contribution is 0.0874. The van der Waals surface area contributed by atoms with Gasteiger partial charge in [0.15, 0.2) is 0 Å². The van der Waals surface area contributed by atoms with E-state index >= 15 is 0 Å². The average molecular weight is 232 g/mol. The van der Waals surface area contributed by atoms with Gasteiger partial charge in [0, 0.05) is 12.0 Å². The van der Waals surface area contributed by atoms with Crippen LogP contribution in [0.4, 0.5) is 0 Å². The van der Waals surface area contributed by atoms with Crippen molar-refractivity contribution in [1.82, 2.24) is 0 Å². The molecule has 3 rings (SSSR count). The highest BCUT2D eigenvalue weighted by atomic mass is 16.5. The van der Waals surface area contributed by atoms with E-state index in [4.69, 9.17) is 4.74 Å². The molecule has 0 spiro atoms. The number of fused-ring (bicyclic) bond motifs is 1. The molecule has 1 aliphatic heterocycles. The molecule has 17 heavy (non-hydrogen) atoms. The lowest BCUT2D eigenvalue weighted by atomic mass is 9.87. The normalized spacial score (nSPS) is 28.8. The zero-order valence-corrected chi connectivity index (χ0v) is 10.4. The smallest absolute Gasteiger partial charge is 0.128 e. The molecule has 2 heteroatoms. The summed E-state index contributed by atoms with van der Waals surface area (Å²) in [4.78, 5) is 0. The number of para-hydroxylation sites is 1. The summed E-state index contributed by atoms with van der Waals surface area (Å²) in [6.45, 7) is 3.02. The highest BCUT2D eigenvalue weighted by Gasteiger charge is 2.33. The largest absolute Gasteiger partial charge is 0.493 e. The molecule has 92 valence electrons. The molecular formula is C15H20O2. The first-order valence-corrected chi connectivity index (χ1v) is 6.70. The number of benzene rings is 1. The minimum atomic E-state index is -0.347. The van der Waals surface area contributed by atoms with Crippen LogP contribution in [0.3, 0.4) is 0 Å². The van der Waals surface area contributed by atoms with E-state index in [2.05, 4.69) is 13.0 Å². The van der Waals surface area contributed by atoms with Gasteiger partial charge in [-0.05, 0) is 23.8 Å². The van der Waals surface area contributed by atoms with E-state index in [-0.39, 0.29) is 6.10 Å². The van der Waals surface area contributed by atoms with Gasteiger partial charge in [0.05, 0.1) is 12.7 Å². The Morgan fingerprint density at radius 3 is 3.00 bits per heavy atom. The van der Waals surface area contributed by atoms with Crippen LogP contribution in [0, 0.1) is 11.8 Å².